The van der Waals surface area contributed by atoms with E-state index in [1.54, 1.807) is 6.07 Å². The van der Waals surface area contributed by atoms with Gasteiger partial charge in [-0.05, 0) is 25.0 Å². The number of rotatable bonds is 4. The molecular weight excluding hydrogens is 275 g/mol. The van der Waals surface area contributed by atoms with E-state index in [1.165, 1.54) is 18.2 Å². The topological polar surface area (TPSA) is 67.4 Å². The maximum Gasteiger partial charge on any atom is 0.276 e. The molecule has 1 aliphatic carbocycles. The van der Waals surface area contributed by atoms with E-state index < -0.39 is 11.7 Å². The molecule has 0 aromatic heterocycles. The highest BCUT2D eigenvalue weighted by atomic mass is 19.1. The van der Waals surface area contributed by atoms with E-state index in [-0.39, 0.29) is 24.2 Å². The van der Waals surface area contributed by atoms with E-state index in [0.717, 1.165) is 32.1 Å². The Hall–Kier alpha value is -2.11. The Morgan fingerprint density at radius 3 is 2.57 bits per heavy atom. The van der Waals surface area contributed by atoms with Crippen LogP contribution in [0.5, 0.6) is 5.75 Å². The third-order valence-corrected chi connectivity index (χ3v) is 3.50. The van der Waals surface area contributed by atoms with Crippen molar-refractivity contribution in [3.8, 4) is 5.75 Å². The van der Waals surface area contributed by atoms with Gasteiger partial charge in [0.05, 0.1) is 0 Å². The van der Waals surface area contributed by atoms with Crippen LogP contribution in [0.1, 0.15) is 32.1 Å². The van der Waals surface area contributed by atoms with Crippen LogP contribution in [-0.4, -0.2) is 18.4 Å². The summed E-state index contributed by atoms with van der Waals surface area (Å²) < 4.78 is 18.3. The number of carbonyl (C=O) groups is 2. The van der Waals surface area contributed by atoms with Crippen molar-refractivity contribution in [2.75, 3.05) is 6.61 Å². The Morgan fingerprint density at radius 2 is 1.86 bits per heavy atom. The summed E-state index contributed by atoms with van der Waals surface area (Å²) >= 11 is 0. The quantitative estimate of drug-likeness (QED) is 0.834. The lowest BCUT2D eigenvalue weighted by atomic mass is 9.89. The second kappa shape index (κ2) is 7.61. The van der Waals surface area contributed by atoms with Crippen molar-refractivity contribution < 1.29 is 18.7 Å². The van der Waals surface area contributed by atoms with Gasteiger partial charge in [0.25, 0.3) is 5.91 Å². The first kappa shape index (κ1) is 15.3. The molecule has 1 fully saturated rings. The fourth-order valence-corrected chi connectivity index (χ4v) is 2.34. The zero-order valence-corrected chi connectivity index (χ0v) is 11.7. The molecule has 2 rings (SSSR count). The number of benzene rings is 1. The molecule has 2 amide bonds. The van der Waals surface area contributed by atoms with Crippen LogP contribution in [0.4, 0.5) is 4.39 Å². The predicted molar refractivity (Wildman–Crippen MR) is 74.8 cm³/mol. The predicted octanol–water partition coefficient (Wildman–Crippen LogP) is 1.93. The van der Waals surface area contributed by atoms with Gasteiger partial charge in [-0.15, -0.1) is 0 Å². The summed E-state index contributed by atoms with van der Waals surface area (Å²) in [5.74, 6) is -1.26. The molecule has 0 radical (unpaired) electrons. The van der Waals surface area contributed by atoms with E-state index in [9.17, 15) is 14.0 Å². The monoisotopic (exact) mass is 294 g/mol. The first-order chi connectivity index (χ1) is 10.2. The summed E-state index contributed by atoms with van der Waals surface area (Å²) in [4.78, 5) is 23.3. The number of hydrogen-bond acceptors (Lipinski definition) is 3. The minimum Gasteiger partial charge on any atom is -0.481 e. The summed E-state index contributed by atoms with van der Waals surface area (Å²) in [7, 11) is 0. The summed E-state index contributed by atoms with van der Waals surface area (Å²) in [5.41, 5.74) is 4.67. The van der Waals surface area contributed by atoms with Gasteiger partial charge in [0.2, 0.25) is 5.91 Å². The van der Waals surface area contributed by atoms with Crippen molar-refractivity contribution >= 4 is 11.8 Å². The molecule has 0 unspecified atom stereocenters. The minimum absolute atomic E-state index is 0.00579. The molecule has 6 heteroatoms. The first-order valence-corrected chi connectivity index (χ1v) is 7.13. The Labute approximate surface area is 122 Å². The Morgan fingerprint density at radius 1 is 1.14 bits per heavy atom. The smallest absolute Gasteiger partial charge is 0.276 e. The van der Waals surface area contributed by atoms with Crippen LogP contribution in [0.15, 0.2) is 24.3 Å². The highest BCUT2D eigenvalue weighted by Crippen LogP contribution is 2.23. The SMILES string of the molecule is O=C(COc1ccccc1F)NNC(=O)C1CCCCC1. The summed E-state index contributed by atoms with van der Waals surface area (Å²) in [6.07, 6.45) is 4.96. The maximum atomic E-state index is 13.3. The Balaban J connectivity index is 1.70. The van der Waals surface area contributed by atoms with Gasteiger partial charge >= 0.3 is 0 Å². The van der Waals surface area contributed by atoms with Crippen LogP contribution < -0.4 is 15.6 Å². The highest BCUT2D eigenvalue weighted by molar-refractivity contribution is 5.84. The van der Waals surface area contributed by atoms with Crippen LogP contribution in [0.25, 0.3) is 0 Å². The highest BCUT2D eigenvalue weighted by Gasteiger charge is 2.21. The Bertz CT molecular complexity index is 501. The van der Waals surface area contributed by atoms with E-state index >= 15 is 0 Å². The van der Waals surface area contributed by atoms with Gasteiger partial charge in [-0.2, -0.15) is 0 Å². The fourth-order valence-electron chi connectivity index (χ4n) is 2.34. The number of halogens is 1. The van der Waals surface area contributed by atoms with Crippen molar-refractivity contribution in [3.63, 3.8) is 0 Å². The molecule has 1 aliphatic rings. The molecule has 0 aliphatic heterocycles. The molecule has 1 saturated carbocycles. The molecule has 114 valence electrons. The van der Waals surface area contributed by atoms with Gasteiger partial charge < -0.3 is 4.74 Å². The molecule has 5 nitrogen and oxygen atoms in total. The molecule has 1 aromatic carbocycles. The van der Waals surface area contributed by atoms with Gasteiger partial charge in [0.15, 0.2) is 18.2 Å². The lowest BCUT2D eigenvalue weighted by molar-refractivity contribution is -0.132. The van der Waals surface area contributed by atoms with Crippen LogP contribution in [0.2, 0.25) is 0 Å². The molecule has 0 saturated heterocycles. The maximum absolute atomic E-state index is 13.3. The molecule has 2 N–H and O–H groups in total. The zero-order valence-electron chi connectivity index (χ0n) is 11.7. The summed E-state index contributed by atoms with van der Waals surface area (Å²) in [6, 6.07) is 5.83. The molecule has 21 heavy (non-hydrogen) atoms. The minimum atomic E-state index is -0.531. The van der Waals surface area contributed by atoms with Gasteiger partial charge in [0, 0.05) is 5.92 Å². The van der Waals surface area contributed by atoms with Gasteiger partial charge in [-0.3, -0.25) is 20.4 Å². The summed E-state index contributed by atoms with van der Waals surface area (Å²) in [5, 5.41) is 0. The average molecular weight is 294 g/mol. The molecular formula is C15H19FN2O3. The number of para-hydroxylation sites is 1. The third kappa shape index (κ3) is 4.73. The number of nitrogens with one attached hydrogen (secondary N) is 2. The molecule has 0 heterocycles. The number of hydrazine groups is 1. The van der Waals surface area contributed by atoms with E-state index in [4.69, 9.17) is 4.74 Å². The number of ether oxygens (including phenoxy) is 1. The lowest BCUT2D eigenvalue weighted by Gasteiger charge is -2.20. The second-order valence-corrected chi connectivity index (χ2v) is 5.09. The van der Waals surface area contributed by atoms with E-state index in [1.807, 2.05) is 0 Å². The number of carbonyl (C=O) groups excluding carboxylic acids is 2. The van der Waals surface area contributed by atoms with Crippen molar-refractivity contribution in [1.82, 2.24) is 10.9 Å². The largest absolute Gasteiger partial charge is 0.481 e. The van der Waals surface area contributed by atoms with Crippen LogP contribution in [-0.2, 0) is 9.59 Å². The molecule has 0 atom stereocenters. The Kier molecular flexibility index (Phi) is 5.54. The van der Waals surface area contributed by atoms with E-state index in [2.05, 4.69) is 10.9 Å². The third-order valence-electron chi connectivity index (χ3n) is 3.50. The van der Waals surface area contributed by atoms with Crippen LogP contribution in [0, 0.1) is 11.7 Å². The van der Waals surface area contributed by atoms with Crippen molar-refractivity contribution in [2.24, 2.45) is 5.92 Å². The van der Waals surface area contributed by atoms with Crippen molar-refractivity contribution in [3.05, 3.63) is 30.1 Å². The van der Waals surface area contributed by atoms with Crippen molar-refractivity contribution in [1.29, 1.82) is 0 Å². The fraction of sp³-hybridized carbons (Fsp3) is 0.467. The second-order valence-electron chi connectivity index (χ2n) is 5.09. The number of hydrogen-bond donors (Lipinski definition) is 2. The van der Waals surface area contributed by atoms with Gasteiger partial charge in [0.1, 0.15) is 0 Å². The van der Waals surface area contributed by atoms with Crippen LogP contribution in [0.3, 0.4) is 0 Å². The first-order valence-electron chi connectivity index (χ1n) is 7.13. The normalized spacial score (nSPS) is 15.3. The zero-order chi connectivity index (χ0) is 15.1. The average Bonchev–Trinajstić information content (AvgIpc) is 2.52. The summed E-state index contributed by atoms with van der Waals surface area (Å²) in [6.45, 7) is -0.355. The lowest BCUT2D eigenvalue weighted by Crippen LogP contribution is -2.46. The van der Waals surface area contributed by atoms with E-state index in [0.29, 0.717) is 0 Å². The van der Waals surface area contributed by atoms with Crippen LogP contribution >= 0.6 is 0 Å². The van der Waals surface area contributed by atoms with Crippen molar-refractivity contribution in [2.45, 2.75) is 32.1 Å². The standard InChI is InChI=1S/C15H19FN2O3/c16-12-8-4-5-9-13(12)21-10-14(19)17-18-15(20)11-6-2-1-3-7-11/h4-5,8-9,11H,1-3,6-7,10H2,(H,17,19)(H,18,20). The van der Waals surface area contributed by atoms with Gasteiger partial charge in [-0.25, -0.2) is 4.39 Å². The molecule has 0 bridgehead atoms. The van der Waals surface area contributed by atoms with Gasteiger partial charge in [-0.1, -0.05) is 31.4 Å². The molecule has 0 spiro atoms. The number of amides is 2. The molecule has 1 aromatic rings.